The second-order valence-electron chi connectivity index (χ2n) is 4.04. The van der Waals surface area contributed by atoms with Gasteiger partial charge in [-0.05, 0) is 19.1 Å². The van der Waals surface area contributed by atoms with Gasteiger partial charge < -0.3 is 10.4 Å². The number of pyridine rings is 1. The second-order valence-corrected chi connectivity index (χ2v) is 4.04. The summed E-state index contributed by atoms with van der Waals surface area (Å²) in [6.45, 7) is 1.87. The molecule has 1 amide bonds. The van der Waals surface area contributed by atoms with Crippen LogP contribution < -0.4 is 5.32 Å². The molecule has 0 bridgehead atoms. The summed E-state index contributed by atoms with van der Waals surface area (Å²) in [6, 6.07) is 2.75. The topological polar surface area (TPSA) is 80.0 Å². The first-order valence-corrected chi connectivity index (χ1v) is 5.50. The van der Waals surface area contributed by atoms with Crippen LogP contribution in [0, 0.1) is 0 Å². The van der Waals surface area contributed by atoms with Crippen molar-refractivity contribution in [3.05, 3.63) is 42.0 Å². The van der Waals surface area contributed by atoms with E-state index in [0.717, 1.165) is 5.56 Å². The minimum Gasteiger partial charge on any atom is -0.506 e. The fraction of sp³-hybridized carbons (Fsp3) is 0.250. The molecule has 0 aliphatic heterocycles. The molecule has 1 atom stereocenters. The number of aryl methyl sites for hydroxylation is 1. The zero-order valence-electron chi connectivity index (χ0n) is 10.2. The predicted molar refractivity (Wildman–Crippen MR) is 65.0 cm³/mol. The molecule has 2 aromatic heterocycles. The van der Waals surface area contributed by atoms with Crippen LogP contribution in [0.2, 0.25) is 0 Å². The third kappa shape index (κ3) is 2.65. The number of hydrogen-bond donors (Lipinski definition) is 2. The molecular weight excluding hydrogens is 232 g/mol. The fourth-order valence-corrected chi connectivity index (χ4v) is 1.54. The maximum absolute atomic E-state index is 11.9. The lowest BCUT2D eigenvalue weighted by Crippen LogP contribution is -2.27. The number of carbonyl (C=O) groups is 1. The van der Waals surface area contributed by atoms with E-state index in [1.54, 1.807) is 10.9 Å². The molecule has 6 heteroatoms. The number of rotatable bonds is 3. The Kier molecular flexibility index (Phi) is 3.27. The van der Waals surface area contributed by atoms with Crippen LogP contribution in [0.1, 0.15) is 29.0 Å². The highest BCUT2D eigenvalue weighted by atomic mass is 16.3. The van der Waals surface area contributed by atoms with Gasteiger partial charge >= 0.3 is 0 Å². The molecule has 2 heterocycles. The lowest BCUT2D eigenvalue weighted by Gasteiger charge is -2.11. The fourth-order valence-electron chi connectivity index (χ4n) is 1.54. The molecule has 6 nitrogen and oxygen atoms in total. The predicted octanol–water partition coefficient (Wildman–Crippen LogP) is 1.01. The van der Waals surface area contributed by atoms with Gasteiger partial charge in [0.05, 0.1) is 18.4 Å². The smallest absolute Gasteiger partial charge is 0.270 e. The number of aromatic hydroxyl groups is 1. The van der Waals surface area contributed by atoms with Crippen LogP contribution in [0.25, 0.3) is 0 Å². The van der Waals surface area contributed by atoms with E-state index in [2.05, 4.69) is 15.4 Å². The van der Waals surface area contributed by atoms with E-state index in [0.29, 0.717) is 0 Å². The molecule has 0 aliphatic rings. The van der Waals surface area contributed by atoms with Gasteiger partial charge in [0, 0.05) is 18.8 Å². The number of nitrogens with zero attached hydrogens (tertiary/aromatic N) is 3. The molecule has 94 valence electrons. The van der Waals surface area contributed by atoms with E-state index >= 15 is 0 Å². The highest BCUT2D eigenvalue weighted by Crippen LogP contribution is 2.12. The van der Waals surface area contributed by atoms with Crippen molar-refractivity contribution in [3.63, 3.8) is 0 Å². The largest absolute Gasteiger partial charge is 0.506 e. The molecule has 0 aliphatic carbocycles. The van der Waals surface area contributed by atoms with Crippen LogP contribution in [-0.4, -0.2) is 25.8 Å². The Labute approximate surface area is 104 Å². The van der Waals surface area contributed by atoms with Crippen LogP contribution in [0.4, 0.5) is 0 Å². The minimum absolute atomic E-state index is 0.0341. The third-order valence-electron chi connectivity index (χ3n) is 2.55. The molecule has 0 fully saturated rings. The van der Waals surface area contributed by atoms with Crippen molar-refractivity contribution in [2.24, 2.45) is 7.05 Å². The summed E-state index contributed by atoms with van der Waals surface area (Å²) in [5, 5.41) is 16.0. The summed E-state index contributed by atoms with van der Waals surface area (Å²) in [5.74, 6) is -0.252. The lowest BCUT2D eigenvalue weighted by molar-refractivity contribution is 0.0935. The minimum atomic E-state index is -0.286. The number of carbonyl (C=O) groups excluding carboxylic acids is 1. The van der Waals surface area contributed by atoms with E-state index in [4.69, 9.17) is 5.11 Å². The normalized spacial score (nSPS) is 12.1. The van der Waals surface area contributed by atoms with Gasteiger partial charge in [-0.1, -0.05) is 0 Å². The van der Waals surface area contributed by atoms with Gasteiger partial charge in [0.25, 0.3) is 5.91 Å². The molecule has 2 aromatic rings. The van der Waals surface area contributed by atoms with Gasteiger partial charge in [0.2, 0.25) is 0 Å². The van der Waals surface area contributed by atoms with Gasteiger partial charge in [-0.25, -0.2) is 4.98 Å². The maximum atomic E-state index is 11.9. The van der Waals surface area contributed by atoms with Gasteiger partial charge in [-0.15, -0.1) is 0 Å². The van der Waals surface area contributed by atoms with Gasteiger partial charge in [0.1, 0.15) is 11.4 Å². The van der Waals surface area contributed by atoms with Crippen LogP contribution in [0.15, 0.2) is 30.7 Å². The highest BCUT2D eigenvalue weighted by Gasteiger charge is 2.13. The van der Waals surface area contributed by atoms with Crippen molar-refractivity contribution in [1.82, 2.24) is 20.1 Å². The highest BCUT2D eigenvalue weighted by molar-refractivity contribution is 5.92. The monoisotopic (exact) mass is 246 g/mol. The molecule has 0 spiro atoms. The van der Waals surface area contributed by atoms with E-state index in [1.165, 1.54) is 18.3 Å². The summed E-state index contributed by atoms with van der Waals surface area (Å²) >= 11 is 0. The van der Waals surface area contributed by atoms with Crippen molar-refractivity contribution in [1.29, 1.82) is 0 Å². The van der Waals surface area contributed by atoms with Crippen molar-refractivity contribution in [2.75, 3.05) is 0 Å². The van der Waals surface area contributed by atoms with Crippen molar-refractivity contribution in [2.45, 2.75) is 13.0 Å². The first kappa shape index (κ1) is 12.1. The Morgan fingerprint density at radius 2 is 2.22 bits per heavy atom. The zero-order chi connectivity index (χ0) is 13.1. The van der Waals surface area contributed by atoms with Gasteiger partial charge in [-0.2, -0.15) is 5.10 Å². The van der Waals surface area contributed by atoms with E-state index in [1.807, 2.05) is 20.2 Å². The Morgan fingerprint density at radius 3 is 2.78 bits per heavy atom. The lowest BCUT2D eigenvalue weighted by atomic mass is 10.2. The first-order valence-electron chi connectivity index (χ1n) is 5.50. The summed E-state index contributed by atoms with van der Waals surface area (Å²) in [7, 11) is 1.82. The quantitative estimate of drug-likeness (QED) is 0.847. The SMILES string of the molecule is CC(NC(=O)c1ccc(O)cn1)c1cnn(C)c1. The van der Waals surface area contributed by atoms with Gasteiger partial charge in [0.15, 0.2) is 0 Å². The number of amides is 1. The maximum Gasteiger partial charge on any atom is 0.270 e. The average Bonchev–Trinajstić information content (AvgIpc) is 2.76. The van der Waals surface area contributed by atoms with E-state index in [-0.39, 0.29) is 23.4 Å². The third-order valence-corrected chi connectivity index (χ3v) is 2.55. The molecule has 0 saturated heterocycles. The standard InChI is InChI=1S/C12H14N4O2/c1-8(9-5-14-16(2)7-9)15-12(18)11-4-3-10(17)6-13-11/h3-8,17H,1-2H3,(H,15,18). The molecule has 0 radical (unpaired) electrons. The van der Waals surface area contributed by atoms with Crippen molar-refractivity contribution >= 4 is 5.91 Å². The number of aromatic nitrogens is 3. The Bertz CT molecular complexity index is 547. The number of hydrogen-bond acceptors (Lipinski definition) is 4. The van der Waals surface area contributed by atoms with Crippen LogP contribution >= 0.6 is 0 Å². The summed E-state index contributed by atoms with van der Waals surface area (Å²) in [4.78, 5) is 15.7. The number of nitrogens with one attached hydrogen (secondary N) is 1. The molecule has 0 aromatic carbocycles. The van der Waals surface area contributed by atoms with Crippen molar-refractivity contribution in [3.8, 4) is 5.75 Å². The molecule has 18 heavy (non-hydrogen) atoms. The van der Waals surface area contributed by atoms with Gasteiger partial charge in [-0.3, -0.25) is 9.48 Å². The van der Waals surface area contributed by atoms with E-state index < -0.39 is 0 Å². The molecule has 2 N–H and O–H groups in total. The van der Waals surface area contributed by atoms with Crippen LogP contribution in [0.3, 0.4) is 0 Å². The summed E-state index contributed by atoms with van der Waals surface area (Å²) in [5.41, 5.74) is 1.19. The molecular formula is C12H14N4O2. The molecule has 1 unspecified atom stereocenters. The van der Waals surface area contributed by atoms with Crippen LogP contribution in [0.5, 0.6) is 5.75 Å². The zero-order valence-corrected chi connectivity index (χ0v) is 10.2. The van der Waals surface area contributed by atoms with E-state index in [9.17, 15) is 4.79 Å². The van der Waals surface area contributed by atoms with Crippen molar-refractivity contribution < 1.29 is 9.90 Å². The Balaban J connectivity index is 2.05. The second kappa shape index (κ2) is 4.87. The molecule has 2 rings (SSSR count). The summed E-state index contributed by atoms with van der Waals surface area (Å²) < 4.78 is 1.68. The molecule has 0 saturated carbocycles. The summed E-state index contributed by atoms with van der Waals surface area (Å²) in [6.07, 6.45) is 4.79. The Morgan fingerprint density at radius 1 is 1.44 bits per heavy atom. The first-order chi connectivity index (χ1) is 8.56. The Hall–Kier alpha value is -2.37. The average molecular weight is 246 g/mol. The van der Waals surface area contributed by atoms with Crippen LogP contribution in [-0.2, 0) is 7.05 Å².